The zero-order valence-corrected chi connectivity index (χ0v) is 20.7. The van der Waals surface area contributed by atoms with Gasteiger partial charge in [-0.25, -0.2) is 0 Å². The first-order valence-corrected chi connectivity index (χ1v) is 10.2. The Kier molecular flexibility index (Phi) is 5.14. The molecule has 0 aliphatic heterocycles. The number of hydrogen-bond donors (Lipinski definition) is 0. The topological polar surface area (TPSA) is 17.3 Å². The fourth-order valence-corrected chi connectivity index (χ4v) is 4.67. The molecule has 0 aliphatic carbocycles. The molecule has 0 aliphatic rings. The molecule has 29 heavy (non-hydrogen) atoms. The molecule has 0 atom stereocenters. The van der Waals surface area contributed by atoms with E-state index in [1.54, 1.807) is 0 Å². The van der Waals surface area contributed by atoms with Crippen molar-refractivity contribution in [1.82, 2.24) is 9.38 Å². The van der Waals surface area contributed by atoms with Gasteiger partial charge in [0.25, 0.3) is 0 Å². The summed E-state index contributed by atoms with van der Waals surface area (Å²) >= 11 is 3.72. The number of rotatable bonds is 1. The van der Waals surface area contributed by atoms with E-state index < -0.39 is 0 Å². The van der Waals surface area contributed by atoms with Crippen LogP contribution in [0.15, 0.2) is 53.0 Å². The summed E-state index contributed by atoms with van der Waals surface area (Å²) in [5, 5.41) is 3.46. The van der Waals surface area contributed by atoms with Gasteiger partial charge in [0.15, 0.2) is 0 Å². The second kappa shape index (κ2) is 7.36. The third-order valence-corrected chi connectivity index (χ3v) is 6.51. The Bertz CT molecular complexity index is 1400. The molecule has 0 bridgehead atoms. The van der Waals surface area contributed by atoms with Gasteiger partial charge in [-0.3, -0.25) is 4.98 Å². The molecule has 0 unspecified atom stereocenters. The van der Waals surface area contributed by atoms with Gasteiger partial charge >= 0.3 is 0 Å². The van der Waals surface area contributed by atoms with Crippen LogP contribution >= 0.6 is 15.9 Å². The van der Waals surface area contributed by atoms with Gasteiger partial charge in [0, 0.05) is 35.7 Å². The van der Waals surface area contributed by atoms with E-state index in [0.29, 0.717) is 0 Å². The van der Waals surface area contributed by atoms with Crippen LogP contribution in [0.2, 0.25) is 0 Å². The molecule has 0 saturated carbocycles. The zero-order chi connectivity index (χ0) is 19.6. The fraction of sp³-hybridized carbons (Fsp3) is 0.160. The van der Waals surface area contributed by atoms with Gasteiger partial charge < -0.3 is 4.40 Å². The number of fused-ring (bicyclic) bond motifs is 6. The van der Waals surface area contributed by atoms with Crippen molar-refractivity contribution in [2.24, 2.45) is 0 Å². The van der Waals surface area contributed by atoms with Crippen LogP contribution in [0.4, 0.5) is 0 Å². The van der Waals surface area contributed by atoms with E-state index >= 15 is 0 Å². The fourth-order valence-electron chi connectivity index (χ4n) is 4.33. The Balaban J connectivity index is 0.00000205. The number of aryl methyl sites for hydroxylation is 4. The molecule has 0 fully saturated rings. The van der Waals surface area contributed by atoms with Crippen molar-refractivity contribution in [1.29, 1.82) is 0 Å². The van der Waals surface area contributed by atoms with Crippen molar-refractivity contribution in [2.75, 3.05) is 0 Å². The number of pyridine rings is 1. The number of nitrogens with zero attached hydrogens (tertiary/aromatic N) is 2. The normalized spacial score (nSPS) is 11.3. The number of benzene rings is 3. The molecule has 3 aromatic carbocycles. The number of hydrogen-bond acceptors (Lipinski definition) is 1. The van der Waals surface area contributed by atoms with Crippen LogP contribution in [0.25, 0.3) is 38.6 Å². The average Bonchev–Trinajstić information content (AvgIpc) is 3.01. The minimum Gasteiger partial charge on any atom is -0.333 e. The molecule has 147 valence electrons. The first-order valence-electron chi connectivity index (χ1n) is 9.45. The third-order valence-electron chi connectivity index (χ3n) is 5.66. The molecule has 0 amide bonds. The largest absolute Gasteiger partial charge is 0.333 e. The number of halogens is 1. The van der Waals surface area contributed by atoms with E-state index in [1.165, 1.54) is 44.2 Å². The van der Waals surface area contributed by atoms with Gasteiger partial charge in [0.1, 0.15) is 0 Å². The van der Waals surface area contributed by atoms with Gasteiger partial charge in [-0.05, 0) is 61.9 Å². The van der Waals surface area contributed by atoms with Crippen LogP contribution in [0.3, 0.4) is 0 Å². The standard InChI is InChI=1S/C25H20BrN2.Ir/c1-14-8-7-9-15(2)23(14)24-17(4)27-25-19-11-6-5-10-18(19)20-13-21(26)16(3)12-22(20)28(24)25;/h5-10,12-13H,1-4H3;/q-1;. The Hall–Kier alpha value is -2.00. The van der Waals surface area contributed by atoms with Crippen LogP contribution < -0.4 is 0 Å². The number of imidazole rings is 1. The quantitative estimate of drug-likeness (QED) is 0.144. The molecule has 1 radical (unpaired) electrons. The van der Waals surface area contributed by atoms with E-state index in [-0.39, 0.29) is 20.1 Å². The first kappa shape index (κ1) is 20.3. The third kappa shape index (κ3) is 2.97. The van der Waals surface area contributed by atoms with Crippen molar-refractivity contribution >= 4 is 43.3 Å². The summed E-state index contributed by atoms with van der Waals surface area (Å²) in [6, 6.07) is 20.6. The van der Waals surface area contributed by atoms with Crippen molar-refractivity contribution < 1.29 is 20.1 Å². The molecule has 0 spiro atoms. The summed E-state index contributed by atoms with van der Waals surface area (Å²) in [5.74, 6) is 0. The molecule has 5 rings (SSSR count). The monoisotopic (exact) mass is 620 g/mol. The van der Waals surface area contributed by atoms with Gasteiger partial charge in [0.2, 0.25) is 0 Å². The summed E-state index contributed by atoms with van der Waals surface area (Å²) in [6.07, 6.45) is 0. The predicted molar refractivity (Wildman–Crippen MR) is 121 cm³/mol. The maximum atomic E-state index is 5.02. The maximum absolute atomic E-state index is 5.02. The average molecular weight is 621 g/mol. The summed E-state index contributed by atoms with van der Waals surface area (Å²) in [5.41, 5.74) is 9.39. The SMILES string of the molecule is Cc1cc2c(cc1Br)c1ccc[c-]c1c1nc(C)c(-c3c(C)cccc3C)n21.[Ir]. The van der Waals surface area contributed by atoms with E-state index in [1.807, 2.05) is 12.1 Å². The van der Waals surface area contributed by atoms with Crippen LogP contribution in [-0.2, 0) is 20.1 Å². The van der Waals surface area contributed by atoms with Crippen molar-refractivity contribution in [3.05, 3.63) is 81.5 Å². The Labute approximate surface area is 192 Å². The van der Waals surface area contributed by atoms with E-state index in [2.05, 4.69) is 90.5 Å². The van der Waals surface area contributed by atoms with Crippen LogP contribution in [0.5, 0.6) is 0 Å². The zero-order valence-electron chi connectivity index (χ0n) is 16.7. The molecular formula is C25H20BrIrN2-. The van der Waals surface area contributed by atoms with E-state index in [9.17, 15) is 0 Å². The smallest absolute Gasteiger partial charge is 0.0669 e. The molecule has 2 aromatic heterocycles. The molecule has 4 heteroatoms. The Morgan fingerprint density at radius 2 is 1.62 bits per heavy atom. The van der Waals surface area contributed by atoms with Gasteiger partial charge in [-0.2, -0.15) is 0 Å². The van der Waals surface area contributed by atoms with Crippen LogP contribution in [0.1, 0.15) is 22.4 Å². The van der Waals surface area contributed by atoms with Crippen LogP contribution in [-0.4, -0.2) is 9.38 Å². The van der Waals surface area contributed by atoms with Crippen molar-refractivity contribution in [3.8, 4) is 11.3 Å². The molecular weight excluding hydrogens is 600 g/mol. The summed E-state index contributed by atoms with van der Waals surface area (Å²) in [7, 11) is 0. The summed E-state index contributed by atoms with van der Waals surface area (Å²) in [4.78, 5) is 5.02. The second-order valence-electron chi connectivity index (χ2n) is 7.55. The Morgan fingerprint density at radius 3 is 2.34 bits per heavy atom. The summed E-state index contributed by atoms with van der Waals surface area (Å²) < 4.78 is 3.45. The van der Waals surface area contributed by atoms with E-state index in [0.717, 1.165) is 21.2 Å². The van der Waals surface area contributed by atoms with Gasteiger partial charge in [0.05, 0.1) is 17.0 Å². The van der Waals surface area contributed by atoms with Gasteiger partial charge in [-0.1, -0.05) is 39.5 Å². The summed E-state index contributed by atoms with van der Waals surface area (Å²) in [6.45, 7) is 8.61. The predicted octanol–water partition coefficient (Wildman–Crippen LogP) is 7.10. The molecule has 2 nitrogen and oxygen atoms in total. The van der Waals surface area contributed by atoms with Crippen molar-refractivity contribution in [2.45, 2.75) is 27.7 Å². The molecule has 0 N–H and O–H groups in total. The number of aromatic nitrogens is 2. The van der Waals surface area contributed by atoms with Gasteiger partial charge in [-0.15, -0.1) is 29.7 Å². The Morgan fingerprint density at radius 1 is 0.897 bits per heavy atom. The molecule has 5 aromatic rings. The maximum Gasteiger partial charge on any atom is 0.0669 e. The van der Waals surface area contributed by atoms with Crippen molar-refractivity contribution in [3.63, 3.8) is 0 Å². The molecule has 2 heterocycles. The first-order chi connectivity index (χ1) is 13.5. The van der Waals surface area contributed by atoms with E-state index in [4.69, 9.17) is 4.98 Å². The minimum atomic E-state index is 0. The van der Waals surface area contributed by atoms with Crippen LogP contribution in [0, 0.1) is 33.8 Å². The second-order valence-corrected chi connectivity index (χ2v) is 8.40. The molecule has 0 saturated heterocycles. The minimum absolute atomic E-state index is 0.